The van der Waals surface area contributed by atoms with Crippen LogP contribution in [0.3, 0.4) is 0 Å². The summed E-state index contributed by atoms with van der Waals surface area (Å²) in [6.45, 7) is 2.99. The van der Waals surface area contributed by atoms with E-state index < -0.39 is 17.7 Å². The number of ketones is 1. The maximum absolute atomic E-state index is 13.3. The number of ether oxygens (including phenoxy) is 3. The highest BCUT2D eigenvalue weighted by Gasteiger charge is 2.46. The minimum absolute atomic E-state index is 0.0470. The summed E-state index contributed by atoms with van der Waals surface area (Å²) in [5.74, 6) is 0.125. The Balaban J connectivity index is 1.61. The Labute approximate surface area is 203 Å². The van der Waals surface area contributed by atoms with E-state index in [1.165, 1.54) is 4.90 Å². The maximum Gasteiger partial charge on any atom is 0.295 e. The molecule has 0 radical (unpaired) electrons. The number of aliphatic hydroxyl groups is 1. The van der Waals surface area contributed by atoms with Gasteiger partial charge in [-0.3, -0.25) is 9.59 Å². The van der Waals surface area contributed by atoms with Crippen LogP contribution >= 0.6 is 0 Å². The van der Waals surface area contributed by atoms with Gasteiger partial charge >= 0.3 is 0 Å². The molecule has 1 N–H and O–H groups in total. The summed E-state index contributed by atoms with van der Waals surface area (Å²) in [4.78, 5) is 28.0. The number of carbonyl (C=O) groups excluding carboxylic acids is 2. The highest BCUT2D eigenvalue weighted by molar-refractivity contribution is 6.46. The lowest BCUT2D eigenvalue weighted by molar-refractivity contribution is -0.140. The topological polar surface area (TPSA) is 85.3 Å². The molecule has 2 aliphatic heterocycles. The molecule has 0 aliphatic carbocycles. The molecule has 0 bridgehead atoms. The zero-order valence-electron chi connectivity index (χ0n) is 19.5. The van der Waals surface area contributed by atoms with Crippen molar-refractivity contribution in [3.8, 4) is 17.2 Å². The molecule has 7 nitrogen and oxygen atoms in total. The molecule has 1 amide bonds. The number of methoxy groups -OCH3 is 1. The number of Topliss-reactive ketones (excluding diaryl/α,β-unsaturated/α-hetero) is 1. The molecular formula is C28H25NO6. The summed E-state index contributed by atoms with van der Waals surface area (Å²) < 4.78 is 16.4. The van der Waals surface area contributed by atoms with Crippen molar-refractivity contribution >= 4 is 17.4 Å². The molecule has 178 valence electrons. The number of likely N-dealkylation sites (tertiary alicyclic amines) is 1. The third kappa shape index (κ3) is 4.21. The Morgan fingerprint density at radius 2 is 1.74 bits per heavy atom. The number of carbonyl (C=O) groups is 2. The van der Waals surface area contributed by atoms with E-state index in [0.29, 0.717) is 36.0 Å². The predicted octanol–water partition coefficient (Wildman–Crippen LogP) is 4.40. The molecule has 0 spiro atoms. The molecule has 35 heavy (non-hydrogen) atoms. The van der Waals surface area contributed by atoms with Crippen LogP contribution in [0.5, 0.6) is 17.2 Å². The lowest BCUT2D eigenvalue weighted by Gasteiger charge is -2.26. The average Bonchev–Trinajstić information content (AvgIpc) is 3.13. The molecule has 1 fully saturated rings. The number of hydrogen-bond donors (Lipinski definition) is 1. The van der Waals surface area contributed by atoms with Gasteiger partial charge in [0, 0.05) is 12.1 Å². The van der Waals surface area contributed by atoms with Crippen molar-refractivity contribution in [1.82, 2.24) is 4.90 Å². The van der Waals surface area contributed by atoms with Crippen molar-refractivity contribution in [2.75, 3.05) is 20.3 Å². The molecular weight excluding hydrogens is 446 g/mol. The number of rotatable bonds is 5. The van der Waals surface area contributed by atoms with Crippen LogP contribution in [0.2, 0.25) is 0 Å². The fraction of sp³-hybridized carbons (Fsp3) is 0.214. The average molecular weight is 472 g/mol. The molecule has 0 aromatic heterocycles. The van der Waals surface area contributed by atoms with Crippen LogP contribution in [-0.4, -0.2) is 42.0 Å². The van der Waals surface area contributed by atoms with E-state index >= 15 is 0 Å². The quantitative estimate of drug-likeness (QED) is 0.337. The second-order valence-corrected chi connectivity index (χ2v) is 8.55. The minimum atomic E-state index is -0.745. The van der Waals surface area contributed by atoms with Crippen molar-refractivity contribution in [1.29, 1.82) is 0 Å². The van der Waals surface area contributed by atoms with Gasteiger partial charge in [-0.1, -0.05) is 42.0 Å². The number of aryl methyl sites for hydroxylation is 1. The Morgan fingerprint density at radius 1 is 1.00 bits per heavy atom. The molecule has 2 aliphatic rings. The molecule has 1 atom stereocenters. The van der Waals surface area contributed by atoms with Crippen LogP contribution in [-0.2, 0) is 16.1 Å². The van der Waals surface area contributed by atoms with E-state index in [9.17, 15) is 14.7 Å². The summed E-state index contributed by atoms with van der Waals surface area (Å²) >= 11 is 0. The number of amides is 1. The predicted molar refractivity (Wildman–Crippen MR) is 129 cm³/mol. The van der Waals surface area contributed by atoms with E-state index in [0.717, 1.165) is 16.7 Å². The Kier molecular flexibility index (Phi) is 5.91. The maximum atomic E-state index is 13.3. The zero-order chi connectivity index (χ0) is 24.5. The third-order valence-corrected chi connectivity index (χ3v) is 6.23. The number of fused-ring (bicyclic) bond motifs is 1. The molecule has 3 aromatic rings. The molecule has 7 heteroatoms. The highest BCUT2D eigenvalue weighted by Crippen LogP contribution is 2.42. The fourth-order valence-electron chi connectivity index (χ4n) is 4.50. The lowest BCUT2D eigenvalue weighted by Crippen LogP contribution is -2.29. The number of aliphatic hydroxyl groups excluding tert-OH is 1. The van der Waals surface area contributed by atoms with Gasteiger partial charge in [-0.05, 0) is 48.4 Å². The van der Waals surface area contributed by atoms with Crippen LogP contribution in [0.4, 0.5) is 0 Å². The van der Waals surface area contributed by atoms with Gasteiger partial charge in [0.2, 0.25) is 0 Å². The Morgan fingerprint density at radius 3 is 2.46 bits per heavy atom. The zero-order valence-corrected chi connectivity index (χ0v) is 19.5. The van der Waals surface area contributed by atoms with Crippen molar-refractivity contribution in [2.24, 2.45) is 0 Å². The van der Waals surface area contributed by atoms with Gasteiger partial charge < -0.3 is 24.2 Å². The van der Waals surface area contributed by atoms with E-state index in [-0.39, 0.29) is 17.9 Å². The van der Waals surface area contributed by atoms with Crippen LogP contribution < -0.4 is 14.2 Å². The normalized spacial score (nSPS) is 18.6. The van der Waals surface area contributed by atoms with E-state index in [1.807, 2.05) is 55.5 Å². The molecule has 1 saturated heterocycles. The van der Waals surface area contributed by atoms with E-state index in [4.69, 9.17) is 14.2 Å². The first-order valence-corrected chi connectivity index (χ1v) is 11.3. The van der Waals surface area contributed by atoms with Crippen molar-refractivity contribution < 1.29 is 28.9 Å². The Hall–Kier alpha value is -4.26. The number of nitrogens with zero attached hydrogens (tertiary/aromatic N) is 1. The third-order valence-electron chi connectivity index (χ3n) is 6.23. The SMILES string of the molecule is COc1ccc(CN2C(=O)C(=O)/C(=C(\O)c3ccc4c(c3)OCCO4)C2c2cccc(C)c2)cc1. The van der Waals surface area contributed by atoms with Crippen LogP contribution in [0.15, 0.2) is 72.3 Å². The van der Waals surface area contributed by atoms with Gasteiger partial charge in [0.05, 0.1) is 18.7 Å². The second-order valence-electron chi connectivity index (χ2n) is 8.55. The second kappa shape index (κ2) is 9.18. The van der Waals surface area contributed by atoms with Gasteiger partial charge in [0.25, 0.3) is 11.7 Å². The molecule has 5 rings (SSSR count). The van der Waals surface area contributed by atoms with Crippen LogP contribution in [0.1, 0.15) is 28.3 Å². The smallest absolute Gasteiger partial charge is 0.295 e. The first kappa shape index (κ1) is 22.5. The summed E-state index contributed by atoms with van der Waals surface area (Å²) in [7, 11) is 1.59. The fourth-order valence-corrected chi connectivity index (χ4v) is 4.50. The van der Waals surface area contributed by atoms with Crippen LogP contribution in [0, 0.1) is 6.92 Å². The van der Waals surface area contributed by atoms with Crippen molar-refractivity contribution in [2.45, 2.75) is 19.5 Å². The number of benzene rings is 3. The van der Waals surface area contributed by atoms with E-state index in [1.54, 1.807) is 25.3 Å². The molecule has 3 aromatic carbocycles. The number of hydrogen-bond acceptors (Lipinski definition) is 6. The van der Waals surface area contributed by atoms with Gasteiger partial charge in [0.15, 0.2) is 11.5 Å². The summed E-state index contributed by atoms with van der Waals surface area (Å²) in [6, 6.07) is 19.2. The summed E-state index contributed by atoms with van der Waals surface area (Å²) in [5.41, 5.74) is 3.00. The van der Waals surface area contributed by atoms with Gasteiger partial charge in [-0.25, -0.2) is 0 Å². The Bertz CT molecular complexity index is 1330. The van der Waals surface area contributed by atoms with Gasteiger partial charge in [0.1, 0.15) is 24.7 Å². The van der Waals surface area contributed by atoms with Gasteiger partial charge in [-0.15, -0.1) is 0 Å². The molecule has 2 heterocycles. The largest absolute Gasteiger partial charge is 0.507 e. The lowest BCUT2D eigenvalue weighted by atomic mass is 9.94. The van der Waals surface area contributed by atoms with Gasteiger partial charge in [-0.2, -0.15) is 0 Å². The van der Waals surface area contributed by atoms with Crippen molar-refractivity contribution in [3.05, 3.63) is 94.6 Å². The van der Waals surface area contributed by atoms with E-state index in [2.05, 4.69) is 0 Å². The summed E-state index contributed by atoms with van der Waals surface area (Å²) in [5, 5.41) is 11.3. The molecule has 1 unspecified atom stereocenters. The minimum Gasteiger partial charge on any atom is -0.507 e. The highest BCUT2D eigenvalue weighted by atomic mass is 16.6. The van der Waals surface area contributed by atoms with Crippen molar-refractivity contribution in [3.63, 3.8) is 0 Å². The first-order valence-electron chi connectivity index (χ1n) is 11.3. The molecule has 0 saturated carbocycles. The monoisotopic (exact) mass is 471 g/mol. The first-order chi connectivity index (χ1) is 17.0. The summed E-state index contributed by atoms with van der Waals surface area (Å²) in [6.07, 6.45) is 0. The standard InChI is InChI=1S/C28H25NO6/c1-17-4-3-5-19(14-17)25-24(26(30)20-8-11-22-23(15-20)35-13-12-34-22)27(31)28(32)29(25)16-18-6-9-21(33-2)10-7-18/h3-11,14-15,25,30H,12-13,16H2,1-2H3/b26-24-. The van der Waals surface area contributed by atoms with Crippen LogP contribution in [0.25, 0.3) is 5.76 Å².